The zero-order valence-electron chi connectivity index (χ0n) is 12.7. The van der Waals surface area contributed by atoms with Gasteiger partial charge in [-0.2, -0.15) is 0 Å². The molecule has 0 spiro atoms. The van der Waals surface area contributed by atoms with E-state index in [1.54, 1.807) is 0 Å². The Morgan fingerprint density at radius 3 is 2.68 bits per heavy atom. The van der Waals surface area contributed by atoms with Crippen LogP contribution >= 0.6 is 0 Å². The minimum absolute atomic E-state index is 0.441. The summed E-state index contributed by atoms with van der Waals surface area (Å²) in [5.74, 6) is 0.867. The lowest BCUT2D eigenvalue weighted by Crippen LogP contribution is -2.45. The summed E-state index contributed by atoms with van der Waals surface area (Å²) >= 11 is 0. The fraction of sp³-hybridized carbons (Fsp3) is 0.647. The number of hydrogen-bond donors (Lipinski definition) is 1. The summed E-state index contributed by atoms with van der Waals surface area (Å²) in [4.78, 5) is 2.43. The van der Waals surface area contributed by atoms with Crippen molar-refractivity contribution in [1.29, 1.82) is 0 Å². The second-order valence-electron chi connectivity index (χ2n) is 6.42. The zero-order valence-corrected chi connectivity index (χ0v) is 12.7. The Morgan fingerprint density at radius 1 is 1.32 bits per heavy atom. The maximum Gasteiger partial charge on any atom is 0.0363 e. The number of nitrogens with zero attached hydrogens (tertiary/aromatic N) is 1. The molecule has 2 atom stereocenters. The Balaban J connectivity index is 2.08. The third-order valence-electron chi connectivity index (χ3n) is 4.51. The molecule has 0 amide bonds. The van der Waals surface area contributed by atoms with Crippen molar-refractivity contribution >= 4 is 5.69 Å². The minimum Gasteiger partial charge on any atom is -0.374 e. The Labute approximate surface area is 118 Å². The topological polar surface area (TPSA) is 15.3 Å². The normalized spacial score (nSPS) is 27.2. The minimum atomic E-state index is 0.441. The molecule has 1 aromatic carbocycles. The van der Waals surface area contributed by atoms with E-state index in [9.17, 15) is 0 Å². The molecule has 0 heterocycles. The van der Waals surface area contributed by atoms with Crippen LogP contribution in [0.1, 0.15) is 32.6 Å². The molecular formula is C17H28N2. The summed E-state index contributed by atoms with van der Waals surface area (Å²) in [7, 11) is 4.32. The van der Waals surface area contributed by atoms with E-state index >= 15 is 0 Å². The van der Waals surface area contributed by atoms with Crippen LogP contribution in [0.25, 0.3) is 0 Å². The van der Waals surface area contributed by atoms with E-state index in [0.717, 1.165) is 19.0 Å². The molecule has 1 aromatic rings. The van der Waals surface area contributed by atoms with Gasteiger partial charge in [0.15, 0.2) is 0 Å². The van der Waals surface area contributed by atoms with Crippen LogP contribution in [-0.4, -0.2) is 27.2 Å². The predicted octanol–water partition coefficient (Wildman–Crippen LogP) is 3.54. The van der Waals surface area contributed by atoms with Gasteiger partial charge in [-0.05, 0) is 37.9 Å². The monoisotopic (exact) mass is 260 g/mol. The maximum absolute atomic E-state index is 3.43. The van der Waals surface area contributed by atoms with Crippen molar-refractivity contribution in [3.8, 4) is 0 Å². The molecule has 0 radical (unpaired) electrons. The van der Waals surface area contributed by atoms with Crippen LogP contribution in [0.4, 0.5) is 5.69 Å². The second-order valence-corrected chi connectivity index (χ2v) is 6.42. The van der Waals surface area contributed by atoms with E-state index in [1.807, 2.05) is 0 Å². The number of benzene rings is 1. The molecule has 1 aliphatic carbocycles. The standard InChI is InChI=1S/C17H28N2/c1-15-8-7-11-17(12-15,13-18-2)14-19(3)16-9-5-4-6-10-16/h4-6,9-10,15,18H,7-8,11-14H2,1-3H3. The first kappa shape index (κ1) is 14.4. The van der Waals surface area contributed by atoms with Gasteiger partial charge in [0, 0.05) is 31.2 Å². The Kier molecular flexibility index (Phi) is 4.87. The zero-order chi connectivity index (χ0) is 13.7. The van der Waals surface area contributed by atoms with Gasteiger partial charge >= 0.3 is 0 Å². The number of anilines is 1. The van der Waals surface area contributed by atoms with Gasteiger partial charge in [-0.1, -0.05) is 38.0 Å². The summed E-state index contributed by atoms with van der Waals surface area (Å²) in [6, 6.07) is 10.8. The smallest absolute Gasteiger partial charge is 0.0363 e. The highest BCUT2D eigenvalue weighted by Crippen LogP contribution is 2.40. The molecule has 2 unspecified atom stereocenters. The summed E-state index contributed by atoms with van der Waals surface area (Å²) in [6.07, 6.45) is 5.49. The fourth-order valence-electron chi connectivity index (χ4n) is 3.78. The summed E-state index contributed by atoms with van der Waals surface area (Å²) < 4.78 is 0. The van der Waals surface area contributed by atoms with Crippen molar-refractivity contribution in [3.63, 3.8) is 0 Å². The predicted molar refractivity (Wildman–Crippen MR) is 83.7 cm³/mol. The van der Waals surface area contributed by atoms with Gasteiger partial charge in [0.25, 0.3) is 0 Å². The largest absolute Gasteiger partial charge is 0.374 e. The van der Waals surface area contributed by atoms with E-state index in [4.69, 9.17) is 0 Å². The molecule has 2 nitrogen and oxygen atoms in total. The molecule has 19 heavy (non-hydrogen) atoms. The number of nitrogens with one attached hydrogen (secondary N) is 1. The van der Waals surface area contributed by atoms with Gasteiger partial charge in [0.1, 0.15) is 0 Å². The summed E-state index contributed by atoms with van der Waals surface area (Å²) in [6.45, 7) is 4.70. The molecule has 0 saturated heterocycles. The molecular weight excluding hydrogens is 232 g/mol. The number of hydrogen-bond acceptors (Lipinski definition) is 2. The van der Waals surface area contributed by atoms with E-state index in [-0.39, 0.29) is 0 Å². The van der Waals surface area contributed by atoms with Crippen molar-refractivity contribution in [2.45, 2.75) is 32.6 Å². The van der Waals surface area contributed by atoms with Gasteiger partial charge in [0.2, 0.25) is 0 Å². The van der Waals surface area contributed by atoms with Gasteiger partial charge in [-0.25, -0.2) is 0 Å². The Morgan fingerprint density at radius 2 is 2.05 bits per heavy atom. The lowest BCUT2D eigenvalue weighted by Gasteiger charge is -2.43. The lowest BCUT2D eigenvalue weighted by molar-refractivity contribution is 0.152. The van der Waals surface area contributed by atoms with E-state index in [0.29, 0.717) is 5.41 Å². The number of para-hydroxylation sites is 1. The van der Waals surface area contributed by atoms with E-state index in [2.05, 4.69) is 61.6 Å². The first-order chi connectivity index (χ1) is 9.15. The highest BCUT2D eigenvalue weighted by molar-refractivity contribution is 5.45. The van der Waals surface area contributed by atoms with Crippen LogP contribution in [-0.2, 0) is 0 Å². The number of rotatable bonds is 5. The summed E-state index contributed by atoms with van der Waals surface area (Å²) in [5.41, 5.74) is 1.77. The first-order valence-corrected chi connectivity index (χ1v) is 7.56. The average molecular weight is 260 g/mol. The van der Waals surface area contributed by atoms with Crippen LogP contribution in [0.15, 0.2) is 30.3 Å². The Bertz CT molecular complexity index is 372. The quantitative estimate of drug-likeness (QED) is 0.871. The summed E-state index contributed by atoms with van der Waals surface area (Å²) in [5, 5.41) is 3.43. The third-order valence-corrected chi connectivity index (χ3v) is 4.51. The van der Waals surface area contributed by atoms with Crippen LogP contribution in [0, 0.1) is 11.3 Å². The SMILES string of the molecule is CNCC1(CN(C)c2ccccc2)CCCC(C)C1. The fourth-order valence-corrected chi connectivity index (χ4v) is 3.78. The van der Waals surface area contributed by atoms with Crippen molar-refractivity contribution in [2.75, 3.05) is 32.1 Å². The van der Waals surface area contributed by atoms with Gasteiger partial charge in [-0.15, -0.1) is 0 Å². The van der Waals surface area contributed by atoms with Crippen LogP contribution in [0.5, 0.6) is 0 Å². The molecule has 1 saturated carbocycles. The van der Waals surface area contributed by atoms with Gasteiger partial charge < -0.3 is 10.2 Å². The Hall–Kier alpha value is -1.02. The van der Waals surface area contributed by atoms with Crippen molar-refractivity contribution in [1.82, 2.24) is 5.32 Å². The van der Waals surface area contributed by atoms with Gasteiger partial charge in [-0.3, -0.25) is 0 Å². The molecule has 0 aliphatic heterocycles. The molecule has 106 valence electrons. The molecule has 2 heteroatoms. The highest BCUT2D eigenvalue weighted by atomic mass is 15.1. The van der Waals surface area contributed by atoms with Crippen LogP contribution in [0.2, 0.25) is 0 Å². The highest BCUT2D eigenvalue weighted by Gasteiger charge is 2.35. The molecule has 1 N–H and O–H groups in total. The molecule has 0 aromatic heterocycles. The molecule has 2 rings (SSSR count). The van der Waals surface area contributed by atoms with Crippen molar-refractivity contribution < 1.29 is 0 Å². The first-order valence-electron chi connectivity index (χ1n) is 7.56. The van der Waals surface area contributed by atoms with E-state index in [1.165, 1.54) is 31.4 Å². The molecule has 1 fully saturated rings. The average Bonchev–Trinajstić information content (AvgIpc) is 2.40. The maximum atomic E-state index is 3.43. The third kappa shape index (κ3) is 3.73. The molecule has 1 aliphatic rings. The van der Waals surface area contributed by atoms with Crippen molar-refractivity contribution in [2.24, 2.45) is 11.3 Å². The molecule has 0 bridgehead atoms. The van der Waals surface area contributed by atoms with Crippen LogP contribution < -0.4 is 10.2 Å². The second kappa shape index (κ2) is 6.42. The van der Waals surface area contributed by atoms with Crippen LogP contribution in [0.3, 0.4) is 0 Å². The van der Waals surface area contributed by atoms with Crippen molar-refractivity contribution in [3.05, 3.63) is 30.3 Å². The van der Waals surface area contributed by atoms with E-state index < -0.39 is 0 Å². The lowest BCUT2D eigenvalue weighted by atomic mass is 9.69. The van der Waals surface area contributed by atoms with Gasteiger partial charge in [0.05, 0.1) is 0 Å².